The molecule has 1 aliphatic carbocycles. The fraction of sp³-hybridized carbons (Fsp3) is 0.389. The number of thiocarbonyl (C=S) groups is 1. The van der Waals surface area contributed by atoms with Gasteiger partial charge in [-0.15, -0.1) is 0 Å². The van der Waals surface area contributed by atoms with E-state index in [1.165, 1.54) is 0 Å². The lowest BCUT2D eigenvalue weighted by atomic mass is 9.94. The van der Waals surface area contributed by atoms with Crippen LogP contribution in [0.25, 0.3) is 0 Å². The number of aromatic nitrogens is 1. The lowest BCUT2D eigenvalue weighted by molar-refractivity contribution is 0.0930. The maximum absolute atomic E-state index is 12.5. The van der Waals surface area contributed by atoms with Crippen molar-refractivity contribution in [3.05, 3.63) is 50.3 Å². The molecule has 1 heterocycles. The van der Waals surface area contributed by atoms with Gasteiger partial charge in [0.1, 0.15) is 5.76 Å². The van der Waals surface area contributed by atoms with Crippen LogP contribution in [0.15, 0.2) is 16.7 Å². The fourth-order valence-electron chi connectivity index (χ4n) is 2.62. The van der Waals surface area contributed by atoms with Crippen LogP contribution in [0.3, 0.4) is 0 Å². The summed E-state index contributed by atoms with van der Waals surface area (Å²) in [4.78, 5) is 13.1. The Balaban J connectivity index is 2.14. The molecule has 0 aliphatic heterocycles. The Bertz CT molecular complexity index is 838. The molecule has 0 spiro atoms. The molecule has 0 atom stereocenters. The SMILES string of the molecule is Cc1c(C(=S)c2c(C(=O)C(C)C)noc2C2CC2)ccc(Cl)c1Cl. The smallest absolute Gasteiger partial charge is 0.187 e. The molecule has 0 unspecified atom stereocenters. The van der Waals surface area contributed by atoms with E-state index in [4.69, 9.17) is 39.9 Å². The van der Waals surface area contributed by atoms with E-state index < -0.39 is 0 Å². The van der Waals surface area contributed by atoms with E-state index in [9.17, 15) is 4.79 Å². The predicted octanol–water partition coefficient (Wildman–Crippen LogP) is 5.77. The highest BCUT2D eigenvalue weighted by atomic mass is 35.5. The summed E-state index contributed by atoms with van der Waals surface area (Å²) in [5.74, 6) is 0.760. The van der Waals surface area contributed by atoms with E-state index in [1.807, 2.05) is 26.8 Å². The molecule has 3 nitrogen and oxygen atoms in total. The third-order valence-electron chi connectivity index (χ3n) is 4.24. The summed E-state index contributed by atoms with van der Waals surface area (Å²) in [7, 11) is 0. The van der Waals surface area contributed by atoms with Crippen LogP contribution < -0.4 is 0 Å². The minimum Gasteiger partial charge on any atom is -0.360 e. The molecule has 0 radical (unpaired) electrons. The van der Waals surface area contributed by atoms with Crippen molar-refractivity contribution in [2.24, 2.45) is 5.92 Å². The van der Waals surface area contributed by atoms with Crippen LogP contribution in [0.2, 0.25) is 10.0 Å². The molecule has 126 valence electrons. The van der Waals surface area contributed by atoms with Crippen molar-refractivity contribution in [2.45, 2.75) is 39.5 Å². The highest BCUT2D eigenvalue weighted by molar-refractivity contribution is 7.81. The van der Waals surface area contributed by atoms with Gasteiger partial charge in [-0.1, -0.05) is 60.5 Å². The lowest BCUT2D eigenvalue weighted by Crippen LogP contribution is -2.15. The van der Waals surface area contributed by atoms with Gasteiger partial charge < -0.3 is 4.52 Å². The minimum absolute atomic E-state index is 0.0688. The molecule has 2 aromatic rings. The van der Waals surface area contributed by atoms with Crippen molar-refractivity contribution in [2.75, 3.05) is 0 Å². The molecule has 1 fully saturated rings. The van der Waals surface area contributed by atoms with Crippen LogP contribution in [0.1, 0.15) is 65.5 Å². The van der Waals surface area contributed by atoms with E-state index in [1.54, 1.807) is 6.07 Å². The summed E-state index contributed by atoms with van der Waals surface area (Å²) >= 11 is 18.0. The molecule has 1 saturated carbocycles. The Hall–Kier alpha value is -1.23. The van der Waals surface area contributed by atoms with E-state index in [-0.39, 0.29) is 11.7 Å². The summed E-state index contributed by atoms with van der Waals surface area (Å²) in [6.45, 7) is 5.54. The Morgan fingerprint density at radius 2 is 2.00 bits per heavy atom. The normalized spacial score (nSPS) is 14.2. The molecular formula is C18H17Cl2NO2S. The summed E-state index contributed by atoms with van der Waals surface area (Å²) in [5.41, 5.74) is 2.54. The first kappa shape index (κ1) is 17.6. The highest BCUT2D eigenvalue weighted by Crippen LogP contribution is 2.44. The van der Waals surface area contributed by atoms with Crippen molar-refractivity contribution in [3.8, 4) is 0 Å². The molecule has 1 aromatic carbocycles. The van der Waals surface area contributed by atoms with E-state index in [0.717, 1.165) is 29.7 Å². The quantitative estimate of drug-likeness (QED) is 0.486. The second-order valence-electron chi connectivity index (χ2n) is 6.43. The molecule has 0 N–H and O–H groups in total. The standard InChI is InChI=1S/C18H17Cl2NO2S/c1-8(2)16(22)15-13(17(23-21-15)10-4-5-10)18(24)11-6-7-12(19)14(20)9(11)3/h6-8,10H,4-5H2,1-3H3. The largest absolute Gasteiger partial charge is 0.360 e. The molecule has 0 bridgehead atoms. The summed E-state index contributed by atoms with van der Waals surface area (Å²) < 4.78 is 5.51. The molecule has 0 saturated heterocycles. The van der Waals surface area contributed by atoms with Crippen molar-refractivity contribution >= 4 is 46.1 Å². The number of carbonyl (C=O) groups is 1. The van der Waals surface area contributed by atoms with Crippen LogP contribution in [0, 0.1) is 12.8 Å². The van der Waals surface area contributed by atoms with E-state index in [2.05, 4.69) is 5.16 Å². The predicted molar refractivity (Wildman–Crippen MR) is 99.6 cm³/mol. The van der Waals surface area contributed by atoms with E-state index >= 15 is 0 Å². The van der Waals surface area contributed by atoms with Crippen LogP contribution in [0.5, 0.6) is 0 Å². The number of ketones is 1. The number of hydrogen-bond acceptors (Lipinski definition) is 4. The maximum Gasteiger partial charge on any atom is 0.187 e. The van der Waals surface area contributed by atoms with Gasteiger partial charge in [0.05, 0.1) is 20.5 Å². The second kappa shape index (κ2) is 6.58. The van der Waals surface area contributed by atoms with Gasteiger partial charge in [0.25, 0.3) is 0 Å². The first-order chi connectivity index (χ1) is 11.3. The molecular weight excluding hydrogens is 365 g/mol. The van der Waals surface area contributed by atoms with Gasteiger partial charge in [0.15, 0.2) is 11.5 Å². The first-order valence-corrected chi connectivity index (χ1v) is 9.02. The van der Waals surface area contributed by atoms with Gasteiger partial charge in [-0.3, -0.25) is 4.79 Å². The number of nitrogens with zero attached hydrogens (tertiary/aromatic N) is 1. The Morgan fingerprint density at radius 3 is 2.58 bits per heavy atom. The second-order valence-corrected chi connectivity index (χ2v) is 7.62. The Labute approximate surface area is 156 Å². The molecule has 24 heavy (non-hydrogen) atoms. The number of carbonyl (C=O) groups excluding carboxylic acids is 1. The van der Waals surface area contributed by atoms with Crippen molar-refractivity contribution in [1.82, 2.24) is 5.16 Å². The molecule has 6 heteroatoms. The molecule has 1 aliphatic rings. The van der Waals surface area contributed by atoms with Crippen molar-refractivity contribution < 1.29 is 9.32 Å². The number of benzene rings is 1. The number of hydrogen-bond donors (Lipinski definition) is 0. The van der Waals surface area contributed by atoms with Crippen molar-refractivity contribution in [1.29, 1.82) is 0 Å². The van der Waals surface area contributed by atoms with Gasteiger partial charge >= 0.3 is 0 Å². The zero-order chi connectivity index (χ0) is 17.6. The summed E-state index contributed by atoms with van der Waals surface area (Å²) in [5, 5.41) is 4.99. The number of rotatable bonds is 5. The average Bonchev–Trinajstić information content (AvgIpc) is 3.30. The Morgan fingerprint density at radius 1 is 1.33 bits per heavy atom. The maximum atomic E-state index is 12.5. The fourth-order valence-corrected chi connectivity index (χ4v) is 3.41. The van der Waals surface area contributed by atoms with Crippen molar-refractivity contribution in [3.63, 3.8) is 0 Å². The van der Waals surface area contributed by atoms with Crippen LogP contribution in [-0.4, -0.2) is 15.8 Å². The third-order valence-corrected chi connectivity index (χ3v) is 5.56. The molecule has 3 rings (SSSR count). The minimum atomic E-state index is -0.182. The van der Waals surface area contributed by atoms with E-state index in [0.29, 0.717) is 32.1 Å². The zero-order valence-electron chi connectivity index (χ0n) is 13.7. The van der Waals surface area contributed by atoms with Crippen LogP contribution in [-0.2, 0) is 0 Å². The third kappa shape index (κ3) is 3.03. The lowest BCUT2D eigenvalue weighted by Gasteiger charge is -2.11. The summed E-state index contributed by atoms with van der Waals surface area (Å²) in [6, 6.07) is 3.55. The molecule has 0 amide bonds. The van der Waals surface area contributed by atoms with Gasteiger partial charge in [-0.2, -0.15) is 0 Å². The molecule has 1 aromatic heterocycles. The van der Waals surface area contributed by atoms with Gasteiger partial charge in [0.2, 0.25) is 0 Å². The topological polar surface area (TPSA) is 43.1 Å². The average molecular weight is 382 g/mol. The zero-order valence-corrected chi connectivity index (χ0v) is 16.0. The Kier molecular flexibility index (Phi) is 4.82. The highest BCUT2D eigenvalue weighted by Gasteiger charge is 2.36. The van der Waals surface area contributed by atoms with Crippen LogP contribution in [0.4, 0.5) is 0 Å². The van der Waals surface area contributed by atoms with Gasteiger partial charge in [-0.25, -0.2) is 0 Å². The summed E-state index contributed by atoms with van der Waals surface area (Å²) in [6.07, 6.45) is 2.06. The first-order valence-electron chi connectivity index (χ1n) is 7.86. The van der Waals surface area contributed by atoms with Gasteiger partial charge in [-0.05, 0) is 37.0 Å². The van der Waals surface area contributed by atoms with Gasteiger partial charge in [0, 0.05) is 11.8 Å². The number of Topliss-reactive ketones (excluding diaryl/α,β-unsaturated/α-hetero) is 1. The number of halogens is 2. The monoisotopic (exact) mass is 381 g/mol. The van der Waals surface area contributed by atoms with Crippen LogP contribution >= 0.6 is 35.4 Å².